The summed E-state index contributed by atoms with van der Waals surface area (Å²) in [5.41, 5.74) is 5.81. The molecule has 1 heterocycles. The maximum atomic E-state index is 12.2. The van der Waals surface area contributed by atoms with Crippen molar-refractivity contribution >= 4 is 28.7 Å². The number of nitrogens with one attached hydrogen (secondary N) is 1. The molecule has 0 bridgehead atoms. The van der Waals surface area contributed by atoms with E-state index in [-0.39, 0.29) is 5.69 Å². The number of primary amides is 1. The highest BCUT2D eigenvalue weighted by molar-refractivity contribution is 6.06. The van der Waals surface area contributed by atoms with Gasteiger partial charge in [-0.25, -0.2) is 4.79 Å². The molecule has 1 atom stereocenters. The van der Waals surface area contributed by atoms with Crippen LogP contribution >= 0.6 is 0 Å². The van der Waals surface area contributed by atoms with Gasteiger partial charge in [-0.15, -0.1) is 0 Å². The number of benzene rings is 1. The lowest BCUT2D eigenvalue weighted by molar-refractivity contribution is -0.140. The van der Waals surface area contributed by atoms with E-state index in [4.69, 9.17) is 10.8 Å². The number of carbonyl (C=O) groups is 3. The zero-order chi connectivity index (χ0) is 15.6. The van der Waals surface area contributed by atoms with Crippen molar-refractivity contribution in [1.29, 1.82) is 0 Å². The lowest BCUT2D eigenvalue weighted by Gasteiger charge is -2.11. The van der Waals surface area contributed by atoms with Gasteiger partial charge >= 0.3 is 5.97 Å². The number of aliphatic carboxylic acids is 1. The third-order valence-corrected chi connectivity index (χ3v) is 2.98. The molecular formula is C13H14N4O4. The maximum Gasteiger partial charge on any atom is 0.326 e. The summed E-state index contributed by atoms with van der Waals surface area (Å²) in [5, 5.41) is 15.9. The van der Waals surface area contributed by atoms with Crippen molar-refractivity contribution in [2.75, 3.05) is 0 Å². The van der Waals surface area contributed by atoms with Gasteiger partial charge in [0, 0.05) is 12.4 Å². The Balaban J connectivity index is 2.30. The molecule has 0 aliphatic rings. The number of hydrogen-bond donors (Lipinski definition) is 3. The van der Waals surface area contributed by atoms with Gasteiger partial charge in [-0.2, -0.15) is 5.10 Å². The van der Waals surface area contributed by atoms with Crippen LogP contribution in [0.4, 0.5) is 0 Å². The van der Waals surface area contributed by atoms with Gasteiger partial charge in [-0.05, 0) is 6.07 Å². The number of carbonyl (C=O) groups excluding carboxylic acids is 2. The van der Waals surface area contributed by atoms with Crippen LogP contribution in [-0.2, 0) is 16.6 Å². The van der Waals surface area contributed by atoms with E-state index >= 15 is 0 Å². The van der Waals surface area contributed by atoms with Gasteiger partial charge in [0.05, 0.1) is 11.9 Å². The summed E-state index contributed by atoms with van der Waals surface area (Å²) < 4.78 is 1.52. The predicted octanol–water partition coefficient (Wildman–Crippen LogP) is -0.368. The van der Waals surface area contributed by atoms with Crippen molar-refractivity contribution in [3.05, 3.63) is 30.0 Å². The molecule has 0 saturated carbocycles. The zero-order valence-corrected chi connectivity index (χ0v) is 11.2. The third kappa shape index (κ3) is 2.99. The monoisotopic (exact) mass is 290 g/mol. The van der Waals surface area contributed by atoms with E-state index < -0.39 is 30.2 Å². The Morgan fingerprint density at radius 2 is 2.05 bits per heavy atom. The topological polar surface area (TPSA) is 127 Å². The highest BCUT2D eigenvalue weighted by atomic mass is 16.4. The summed E-state index contributed by atoms with van der Waals surface area (Å²) in [6.07, 6.45) is -0.480. The van der Waals surface area contributed by atoms with E-state index in [1.165, 1.54) is 4.68 Å². The van der Waals surface area contributed by atoms with Gasteiger partial charge in [0.1, 0.15) is 6.04 Å². The number of hydrogen-bond acceptors (Lipinski definition) is 4. The number of aryl methyl sites for hydroxylation is 1. The Labute approximate surface area is 119 Å². The first-order chi connectivity index (χ1) is 9.90. The molecule has 2 amide bonds. The molecule has 0 spiro atoms. The van der Waals surface area contributed by atoms with Crippen LogP contribution < -0.4 is 11.1 Å². The van der Waals surface area contributed by atoms with Gasteiger partial charge in [-0.3, -0.25) is 14.3 Å². The molecule has 0 aliphatic heterocycles. The molecule has 21 heavy (non-hydrogen) atoms. The minimum Gasteiger partial charge on any atom is -0.480 e. The molecule has 4 N–H and O–H groups in total. The quantitative estimate of drug-likeness (QED) is 0.692. The fraction of sp³-hybridized carbons (Fsp3) is 0.231. The zero-order valence-electron chi connectivity index (χ0n) is 11.2. The maximum absolute atomic E-state index is 12.2. The SMILES string of the molecule is Cn1nc(C(=O)N[C@@H](CC(N)=O)C(=O)O)c2ccccc21. The molecule has 110 valence electrons. The van der Waals surface area contributed by atoms with Crippen LogP contribution in [0.5, 0.6) is 0 Å². The van der Waals surface area contributed by atoms with E-state index in [0.29, 0.717) is 5.39 Å². The van der Waals surface area contributed by atoms with Crippen LogP contribution in [0, 0.1) is 0 Å². The summed E-state index contributed by atoms with van der Waals surface area (Å²) in [7, 11) is 1.68. The van der Waals surface area contributed by atoms with Crippen molar-refractivity contribution in [3.8, 4) is 0 Å². The Hall–Kier alpha value is -2.90. The number of amides is 2. The molecule has 2 rings (SSSR count). The summed E-state index contributed by atoms with van der Waals surface area (Å²) in [6, 6.07) is 5.67. The lowest BCUT2D eigenvalue weighted by Crippen LogP contribution is -2.43. The van der Waals surface area contributed by atoms with Crippen LogP contribution in [0.3, 0.4) is 0 Å². The molecule has 0 unspecified atom stereocenters. The normalized spacial score (nSPS) is 12.0. The van der Waals surface area contributed by atoms with Crippen molar-refractivity contribution in [1.82, 2.24) is 15.1 Å². The fourth-order valence-electron chi connectivity index (χ4n) is 2.01. The van der Waals surface area contributed by atoms with Crippen molar-refractivity contribution in [2.45, 2.75) is 12.5 Å². The van der Waals surface area contributed by atoms with E-state index in [9.17, 15) is 14.4 Å². The summed E-state index contributed by atoms with van der Waals surface area (Å²) in [6.45, 7) is 0. The van der Waals surface area contributed by atoms with Gasteiger partial charge in [-0.1, -0.05) is 18.2 Å². The number of fused-ring (bicyclic) bond motifs is 1. The van der Waals surface area contributed by atoms with E-state index in [0.717, 1.165) is 5.52 Å². The van der Waals surface area contributed by atoms with Gasteiger partial charge in [0.25, 0.3) is 5.91 Å². The number of para-hydroxylation sites is 1. The van der Waals surface area contributed by atoms with Crippen LogP contribution in [0.2, 0.25) is 0 Å². The number of nitrogens with two attached hydrogens (primary N) is 1. The Morgan fingerprint density at radius 1 is 1.38 bits per heavy atom. The van der Waals surface area contributed by atoms with E-state index in [2.05, 4.69) is 10.4 Å². The van der Waals surface area contributed by atoms with Gasteiger partial charge < -0.3 is 16.2 Å². The Kier molecular flexibility index (Phi) is 3.88. The summed E-state index contributed by atoms with van der Waals surface area (Å²) >= 11 is 0. The minimum absolute atomic E-state index is 0.101. The van der Waals surface area contributed by atoms with Crippen LogP contribution in [0.25, 0.3) is 10.9 Å². The third-order valence-electron chi connectivity index (χ3n) is 2.98. The molecule has 0 aliphatic carbocycles. The second-order valence-corrected chi connectivity index (χ2v) is 4.52. The van der Waals surface area contributed by atoms with Gasteiger partial charge in [0.2, 0.25) is 5.91 Å². The van der Waals surface area contributed by atoms with Crippen LogP contribution in [0.1, 0.15) is 16.9 Å². The van der Waals surface area contributed by atoms with Crippen LogP contribution in [-0.4, -0.2) is 38.7 Å². The average Bonchev–Trinajstić information content (AvgIpc) is 2.75. The standard InChI is InChI=1S/C13H14N4O4/c1-17-9-5-3-2-4-7(9)11(16-17)12(19)15-8(13(20)21)6-10(14)18/h2-5,8H,6H2,1H3,(H2,14,18)(H,15,19)(H,20,21)/t8-/m0/s1. The lowest BCUT2D eigenvalue weighted by atomic mass is 10.1. The van der Waals surface area contributed by atoms with Crippen LogP contribution in [0.15, 0.2) is 24.3 Å². The number of aromatic nitrogens is 2. The largest absolute Gasteiger partial charge is 0.480 e. The summed E-state index contributed by atoms with van der Waals surface area (Å²) in [4.78, 5) is 34.0. The Morgan fingerprint density at radius 3 is 2.67 bits per heavy atom. The molecule has 2 aromatic rings. The predicted molar refractivity (Wildman–Crippen MR) is 73.4 cm³/mol. The number of nitrogens with zero attached hydrogens (tertiary/aromatic N) is 2. The second kappa shape index (κ2) is 5.61. The highest BCUT2D eigenvalue weighted by Gasteiger charge is 2.25. The Bertz CT molecular complexity index is 722. The molecule has 0 saturated heterocycles. The molecule has 1 aromatic heterocycles. The minimum atomic E-state index is -1.38. The first-order valence-electron chi connectivity index (χ1n) is 6.14. The smallest absolute Gasteiger partial charge is 0.326 e. The van der Waals surface area contributed by atoms with E-state index in [1.807, 2.05) is 0 Å². The first kappa shape index (κ1) is 14.5. The molecule has 8 nitrogen and oxygen atoms in total. The molecular weight excluding hydrogens is 276 g/mol. The van der Waals surface area contributed by atoms with Crippen molar-refractivity contribution in [3.63, 3.8) is 0 Å². The second-order valence-electron chi connectivity index (χ2n) is 4.52. The first-order valence-corrected chi connectivity index (χ1v) is 6.14. The molecule has 0 radical (unpaired) electrons. The summed E-state index contributed by atoms with van der Waals surface area (Å²) in [5.74, 6) is -2.81. The fourth-order valence-corrected chi connectivity index (χ4v) is 2.01. The number of carboxylic acids is 1. The molecule has 1 aromatic carbocycles. The average molecular weight is 290 g/mol. The van der Waals surface area contributed by atoms with E-state index in [1.54, 1.807) is 31.3 Å². The number of carboxylic acid groups (broad SMARTS) is 1. The molecule has 0 fully saturated rings. The van der Waals surface area contributed by atoms with Gasteiger partial charge in [0.15, 0.2) is 5.69 Å². The number of rotatable bonds is 5. The molecule has 8 heteroatoms. The highest BCUT2D eigenvalue weighted by Crippen LogP contribution is 2.17. The van der Waals surface area contributed by atoms with Crippen molar-refractivity contribution in [2.24, 2.45) is 12.8 Å². The van der Waals surface area contributed by atoms with Crippen molar-refractivity contribution < 1.29 is 19.5 Å².